The highest BCUT2D eigenvalue weighted by Crippen LogP contribution is 2.31. The van der Waals surface area contributed by atoms with Crippen LogP contribution >= 0.6 is 0 Å². The third-order valence-electron chi connectivity index (χ3n) is 3.77. The fourth-order valence-electron chi connectivity index (χ4n) is 2.54. The number of phenolic OH excluding ortho intramolecular Hbond substituents is 1. The number of aromatic hydroxyl groups is 1. The summed E-state index contributed by atoms with van der Waals surface area (Å²) in [5, 5.41) is 13.5. The lowest BCUT2D eigenvalue weighted by atomic mass is 10.1. The Morgan fingerprint density at radius 3 is 2.64 bits per heavy atom. The highest BCUT2D eigenvalue weighted by Gasteiger charge is 2.21. The van der Waals surface area contributed by atoms with Crippen LogP contribution in [0, 0.1) is 0 Å². The topological polar surface area (TPSA) is 81.9 Å². The lowest BCUT2D eigenvalue weighted by Gasteiger charge is -2.12. The summed E-state index contributed by atoms with van der Waals surface area (Å²) in [5.41, 5.74) is 2.57. The first-order valence-electron chi connectivity index (χ1n) is 7.88. The SMILES string of the molecule is CCOC(=O)c1c[nH+]c2ccc(OC)cc2c1Nc1ccc(O)cc1. The quantitative estimate of drug-likeness (QED) is 0.551. The fourth-order valence-corrected chi connectivity index (χ4v) is 2.54. The van der Waals surface area contributed by atoms with E-state index in [1.165, 1.54) is 0 Å². The number of hydrogen-bond donors (Lipinski definition) is 2. The molecule has 0 amide bonds. The molecule has 0 fully saturated rings. The van der Waals surface area contributed by atoms with Crippen LogP contribution in [-0.4, -0.2) is 24.8 Å². The van der Waals surface area contributed by atoms with Crippen LogP contribution in [0.4, 0.5) is 11.4 Å². The molecule has 0 aliphatic carbocycles. The van der Waals surface area contributed by atoms with Gasteiger partial charge in [0.1, 0.15) is 17.1 Å². The molecule has 0 saturated carbocycles. The van der Waals surface area contributed by atoms with Gasteiger partial charge < -0.3 is 19.9 Å². The molecule has 0 bridgehead atoms. The van der Waals surface area contributed by atoms with E-state index < -0.39 is 5.97 Å². The van der Waals surface area contributed by atoms with Crippen molar-refractivity contribution in [3.63, 3.8) is 0 Å². The molecule has 25 heavy (non-hydrogen) atoms. The van der Waals surface area contributed by atoms with Gasteiger partial charge >= 0.3 is 5.97 Å². The molecular weight excluding hydrogens is 320 g/mol. The number of aromatic nitrogens is 1. The Balaban J connectivity index is 2.16. The Labute approximate surface area is 145 Å². The molecule has 3 N–H and O–H groups in total. The maximum Gasteiger partial charge on any atom is 0.346 e. The Morgan fingerprint density at radius 2 is 1.96 bits per heavy atom. The number of aromatic amines is 1. The van der Waals surface area contributed by atoms with Crippen LogP contribution in [-0.2, 0) is 4.74 Å². The number of carbonyl (C=O) groups excluding carboxylic acids is 1. The summed E-state index contributed by atoms with van der Waals surface area (Å²) in [4.78, 5) is 15.5. The van der Waals surface area contributed by atoms with E-state index in [9.17, 15) is 9.90 Å². The van der Waals surface area contributed by atoms with Crippen LogP contribution in [0.1, 0.15) is 17.3 Å². The second kappa shape index (κ2) is 7.09. The first-order chi connectivity index (χ1) is 12.1. The van der Waals surface area contributed by atoms with E-state index in [4.69, 9.17) is 9.47 Å². The Morgan fingerprint density at radius 1 is 1.20 bits per heavy atom. The molecule has 1 aromatic heterocycles. The van der Waals surface area contributed by atoms with Crippen LogP contribution in [0.25, 0.3) is 10.9 Å². The van der Waals surface area contributed by atoms with Crippen molar-refractivity contribution < 1.29 is 24.4 Å². The molecule has 6 nitrogen and oxygen atoms in total. The number of benzene rings is 2. The second-order valence-corrected chi connectivity index (χ2v) is 5.38. The monoisotopic (exact) mass is 339 g/mol. The van der Waals surface area contributed by atoms with Crippen LogP contribution in [0.2, 0.25) is 0 Å². The molecular formula is C19H19N2O4+. The van der Waals surface area contributed by atoms with Crippen molar-refractivity contribution in [1.82, 2.24) is 0 Å². The predicted octanol–water partition coefficient (Wildman–Crippen LogP) is 3.29. The minimum absolute atomic E-state index is 0.170. The van der Waals surface area contributed by atoms with Crippen molar-refractivity contribution in [2.75, 3.05) is 19.0 Å². The summed E-state index contributed by atoms with van der Waals surface area (Å²) >= 11 is 0. The lowest BCUT2D eigenvalue weighted by molar-refractivity contribution is -0.344. The molecule has 6 heteroatoms. The fraction of sp³-hybridized carbons (Fsp3) is 0.158. The molecule has 0 unspecified atom stereocenters. The van der Waals surface area contributed by atoms with E-state index in [0.717, 1.165) is 16.6 Å². The van der Waals surface area contributed by atoms with Gasteiger partial charge in [-0.25, -0.2) is 9.78 Å². The third kappa shape index (κ3) is 3.47. The summed E-state index contributed by atoms with van der Waals surface area (Å²) in [6.07, 6.45) is 1.62. The number of rotatable bonds is 5. The van der Waals surface area contributed by atoms with Gasteiger partial charge in [0, 0.05) is 11.8 Å². The number of hydrogen-bond acceptors (Lipinski definition) is 5. The van der Waals surface area contributed by atoms with Crippen LogP contribution in [0.3, 0.4) is 0 Å². The molecule has 2 aromatic carbocycles. The average Bonchev–Trinajstić information content (AvgIpc) is 2.63. The molecule has 3 aromatic rings. The van der Waals surface area contributed by atoms with Crippen LogP contribution in [0.15, 0.2) is 48.7 Å². The molecule has 0 aliphatic rings. The van der Waals surface area contributed by atoms with E-state index in [-0.39, 0.29) is 12.4 Å². The Bertz CT molecular complexity index is 907. The average molecular weight is 339 g/mol. The first-order valence-corrected chi connectivity index (χ1v) is 7.88. The molecule has 0 spiro atoms. The summed E-state index contributed by atoms with van der Waals surface area (Å²) in [6, 6.07) is 12.2. The lowest BCUT2D eigenvalue weighted by Crippen LogP contribution is -2.15. The number of pyridine rings is 1. The third-order valence-corrected chi connectivity index (χ3v) is 3.77. The van der Waals surface area contributed by atoms with E-state index >= 15 is 0 Å². The second-order valence-electron chi connectivity index (χ2n) is 5.38. The minimum Gasteiger partial charge on any atom is -0.508 e. The number of methoxy groups -OCH3 is 1. The van der Waals surface area contributed by atoms with E-state index in [0.29, 0.717) is 17.0 Å². The highest BCUT2D eigenvalue weighted by molar-refractivity contribution is 6.05. The molecule has 1 heterocycles. The molecule has 0 radical (unpaired) electrons. The number of nitrogens with one attached hydrogen (secondary N) is 2. The number of fused-ring (bicyclic) bond motifs is 1. The summed E-state index contributed by atoms with van der Waals surface area (Å²) in [7, 11) is 1.59. The molecule has 0 aliphatic heterocycles. The highest BCUT2D eigenvalue weighted by atomic mass is 16.5. The van der Waals surface area contributed by atoms with Crippen molar-refractivity contribution in [2.24, 2.45) is 0 Å². The normalized spacial score (nSPS) is 10.5. The number of carbonyl (C=O) groups is 1. The van der Waals surface area contributed by atoms with E-state index in [1.54, 1.807) is 44.5 Å². The van der Waals surface area contributed by atoms with E-state index in [1.807, 2.05) is 18.2 Å². The van der Waals surface area contributed by atoms with Gasteiger partial charge in [0.05, 0.1) is 24.8 Å². The largest absolute Gasteiger partial charge is 0.508 e. The number of H-pyrrole nitrogens is 1. The van der Waals surface area contributed by atoms with Gasteiger partial charge in [-0.1, -0.05) is 0 Å². The maximum absolute atomic E-state index is 12.4. The summed E-state index contributed by atoms with van der Waals surface area (Å²) in [6.45, 7) is 2.05. The maximum atomic E-state index is 12.4. The van der Waals surface area contributed by atoms with Crippen molar-refractivity contribution in [3.05, 3.63) is 54.2 Å². The summed E-state index contributed by atoms with van der Waals surface area (Å²) in [5.74, 6) is 0.421. The predicted molar refractivity (Wildman–Crippen MR) is 94.4 cm³/mol. The first kappa shape index (κ1) is 16.6. The van der Waals surface area contributed by atoms with Crippen molar-refractivity contribution in [1.29, 1.82) is 0 Å². The number of esters is 1. The molecule has 3 rings (SSSR count). The molecule has 0 saturated heterocycles. The van der Waals surface area contributed by atoms with Gasteiger partial charge in [-0.3, -0.25) is 0 Å². The number of phenols is 1. The zero-order chi connectivity index (χ0) is 17.8. The van der Waals surface area contributed by atoms with Gasteiger partial charge in [0.2, 0.25) is 5.52 Å². The van der Waals surface area contributed by atoms with Crippen molar-refractivity contribution in [2.45, 2.75) is 6.92 Å². The zero-order valence-corrected chi connectivity index (χ0v) is 14.0. The van der Waals surface area contributed by atoms with Crippen LogP contribution < -0.4 is 15.0 Å². The standard InChI is InChI=1S/C19H18N2O4/c1-3-25-19(23)16-11-20-17-9-8-14(24-2)10-15(17)18(16)21-12-4-6-13(22)7-5-12/h4-11,22H,3H2,1-2H3,(H,20,21)/p+1. The molecule has 0 atom stereocenters. The smallest absolute Gasteiger partial charge is 0.346 e. The van der Waals surface area contributed by atoms with Crippen LogP contribution in [0.5, 0.6) is 11.5 Å². The van der Waals surface area contributed by atoms with Crippen molar-refractivity contribution in [3.8, 4) is 11.5 Å². The molecule has 128 valence electrons. The van der Waals surface area contributed by atoms with Gasteiger partial charge in [0.25, 0.3) is 0 Å². The van der Waals surface area contributed by atoms with Crippen molar-refractivity contribution >= 4 is 28.2 Å². The number of ether oxygens (including phenoxy) is 2. The summed E-state index contributed by atoms with van der Waals surface area (Å²) < 4.78 is 10.5. The van der Waals surface area contributed by atoms with Gasteiger partial charge in [-0.05, 0) is 43.3 Å². The zero-order valence-electron chi connectivity index (χ0n) is 14.0. The Kier molecular flexibility index (Phi) is 4.70. The minimum atomic E-state index is -0.426. The van der Waals surface area contributed by atoms with Gasteiger partial charge in [0.15, 0.2) is 6.20 Å². The van der Waals surface area contributed by atoms with Gasteiger partial charge in [-0.2, -0.15) is 0 Å². The van der Waals surface area contributed by atoms with E-state index in [2.05, 4.69) is 10.3 Å². The Hall–Kier alpha value is -3.28. The number of anilines is 2. The van der Waals surface area contributed by atoms with Gasteiger partial charge in [-0.15, -0.1) is 0 Å².